The Labute approximate surface area is 141 Å². The van der Waals surface area contributed by atoms with Gasteiger partial charge in [0.25, 0.3) is 0 Å². The zero-order valence-corrected chi connectivity index (χ0v) is 14.3. The van der Waals surface area contributed by atoms with Crippen LogP contribution >= 0.6 is 0 Å². The van der Waals surface area contributed by atoms with Crippen molar-refractivity contribution >= 4 is 23.5 Å². The van der Waals surface area contributed by atoms with Crippen LogP contribution in [0.1, 0.15) is 45.1 Å². The maximum atomic E-state index is 12.4. The first-order valence-corrected chi connectivity index (χ1v) is 8.27. The van der Waals surface area contributed by atoms with Crippen LogP contribution in [0.4, 0.5) is 5.69 Å². The Bertz CT molecular complexity index is 644. The molecular weight excluding hydrogens is 308 g/mol. The number of carboxylic acid groups (broad SMARTS) is 1. The standard InChI is InChI=1S/C18H24N2O4/c1-4-11(2)14-7-5-6-8-15(14)20-10-13(9-16(20)21)17(22)19-12(3)18(23)24/h5-8,11-13H,4,9-10H2,1-3H3,(H,19,22)(H,23,24)/t11?,12-,13?/m0/s1. The molecule has 0 spiro atoms. The summed E-state index contributed by atoms with van der Waals surface area (Å²) in [6.07, 6.45) is 1.06. The first kappa shape index (κ1) is 18.0. The Balaban J connectivity index is 2.16. The van der Waals surface area contributed by atoms with E-state index in [-0.39, 0.29) is 24.8 Å². The van der Waals surface area contributed by atoms with E-state index in [2.05, 4.69) is 19.2 Å². The van der Waals surface area contributed by atoms with Crippen molar-refractivity contribution in [2.45, 2.75) is 45.6 Å². The average molecular weight is 332 g/mol. The molecule has 3 atom stereocenters. The number of benzene rings is 1. The van der Waals surface area contributed by atoms with Crippen LogP contribution in [0.25, 0.3) is 0 Å². The first-order valence-electron chi connectivity index (χ1n) is 8.27. The van der Waals surface area contributed by atoms with E-state index in [1.165, 1.54) is 6.92 Å². The highest BCUT2D eigenvalue weighted by molar-refractivity contribution is 6.01. The summed E-state index contributed by atoms with van der Waals surface area (Å²) in [5.74, 6) is -1.79. The lowest BCUT2D eigenvalue weighted by atomic mass is 9.96. The van der Waals surface area contributed by atoms with Gasteiger partial charge >= 0.3 is 5.97 Å². The first-order chi connectivity index (χ1) is 11.3. The molecule has 1 fully saturated rings. The zero-order valence-electron chi connectivity index (χ0n) is 14.3. The van der Waals surface area contributed by atoms with Crippen LogP contribution in [-0.4, -0.2) is 35.5 Å². The third-order valence-corrected chi connectivity index (χ3v) is 4.60. The fourth-order valence-corrected chi connectivity index (χ4v) is 2.88. The highest BCUT2D eigenvalue weighted by Crippen LogP contribution is 2.33. The Morgan fingerprint density at radius 3 is 2.62 bits per heavy atom. The van der Waals surface area contributed by atoms with Crippen molar-refractivity contribution in [2.24, 2.45) is 5.92 Å². The minimum Gasteiger partial charge on any atom is -0.480 e. The number of carbonyl (C=O) groups is 3. The van der Waals surface area contributed by atoms with Crippen molar-refractivity contribution in [3.63, 3.8) is 0 Å². The van der Waals surface area contributed by atoms with Crippen molar-refractivity contribution in [2.75, 3.05) is 11.4 Å². The average Bonchev–Trinajstić information content (AvgIpc) is 2.95. The number of hydrogen-bond acceptors (Lipinski definition) is 3. The fourth-order valence-electron chi connectivity index (χ4n) is 2.88. The molecule has 24 heavy (non-hydrogen) atoms. The number of hydrogen-bond donors (Lipinski definition) is 2. The van der Waals surface area contributed by atoms with Gasteiger partial charge in [-0.2, -0.15) is 0 Å². The lowest BCUT2D eigenvalue weighted by Gasteiger charge is -2.23. The molecular formula is C18H24N2O4. The second-order valence-corrected chi connectivity index (χ2v) is 6.34. The summed E-state index contributed by atoms with van der Waals surface area (Å²) in [5.41, 5.74) is 1.94. The Morgan fingerprint density at radius 2 is 2.00 bits per heavy atom. The molecule has 1 heterocycles. The molecule has 130 valence electrons. The van der Waals surface area contributed by atoms with Gasteiger partial charge in [0.1, 0.15) is 6.04 Å². The monoisotopic (exact) mass is 332 g/mol. The molecule has 0 radical (unpaired) electrons. The smallest absolute Gasteiger partial charge is 0.325 e. The molecule has 2 amide bonds. The molecule has 2 unspecified atom stereocenters. The van der Waals surface area contributed by atoms with Crippen LogP contribution in [0.15, 0.2) is 24.3 Å². The molecule has 2 rings (SSSR count). The normalized spacial score (nSPS) is 19.9. The van der Waals surface area contributed by atoms with E-state index in [1.807, 2.05) is 24.3 Å². The molecule has 6 heteroatoms. The molecule has 0 saturated carbocycles. The van der Waals surface area contributed by atoms with Crippen LogP contribution in [0.5, 0.6) is 0 Å². The van der Waals surface area contributed by atoms with Crippen molar-refractivity contribution in [1.82, 2.24) is 5.32 Å². The molecule has 1 aromatic rings. The van der Waals surface area contributed by atoms with Crippen LogP contribution in [0, 0.1) is 5.92 Å². The number of nitrogens with one attached hydrogen (secondary N) is 1. The van der Waals surface area contributed by atoms with Gasteiger partial charge in [0.05, 0.1) is 5.92 Å². The van der Waals surface area contributed by atoms with Crippen LogP contribution in [0.2, 0.25) is 0 Å². The van der Waals surface area contributed by atoms with E-state index in [9.17, 15) is 14.4 Å². The quantitative estimate of drug-likeness (QED) is 0.835. The van der Waals surface area contributed by atoms with Gasteiger partial charge in [0.2, 0.25) is 11.8 Å². The molecule has 0 aliphatic carbocycles. The number of rotatable bonds is 6. The molecule has 1 saturated heterocycles. The van der Waals surface area contributed by atoms with Gasteiger partial charge in [-0.15, -0.1) is 0 Å². The van der Waals surface area contributed by atoms with Crippen molar-refractivity contribution in [3.8, 4) is 0 Å². The maximum Gasteiger partial charge on any atom is 0.325 e. The van der Waals surface area contributed by atoms with Crippen molar-refractivity contribution < 1.29 is 19.5 Å². The third-order valence-electron chi connectivity index (χ3n) is 4.60. The second-order valence-electron chi connectivity index (χ2n) is 6.34. The van der Waals surface area contributed by atoms with E-state index >= 15 is 0 Å². The lowest BCUT2D eigenvalue weighted by Crippen LogP contribution is -2.42. The highest BCUT2D eigenvalue weighted by atomic mass is 16.4. The van der Waals surface area contributed by atoms with Crippen LogP contribution in [0.3, 0.4) is 0 Å². The van der Waals surface area contributed by atoms with Gasteiger partial charge in [-0.25, -0.2) is 0 Å². The molecule has 1 aromatic carbocycles. The SMILES string of the molecule is CCC(C)c1ccccc1N1CC(C(=O)N[C@@H](C)C(=O)O)CC1=O. The molecule has 2 N–H and O–H groups in total. The predicted molar refractivity (Wildman–Crippen MR) is 90.8 cm³/mol. The predicted octanol–water partition coefficient (Wildman–Crippen LogP) is 2.14. The number of nitrogens with zero attached hydrogens (tertiary/aromatic N) is 1. The highest BCUT2D eigenvalue weighted by Gasteiger charge is 2.36. The summed E-state index contributed by atoms with van der Waals surface area (Å²) >= 11 is 0. The molecule has 1 aliphatic heterocycles. The fraction of sp³-hybridized carbons (Fsp3) is 0.500. The number of amides is 2. The number of carboxylic acids is 1. The summed E-state index contributed by atoms with van der Waals surface area (Å²) < 4.78 is 0. The van der Waals surface area contributed by atoms with E-state index in [1.54, 1.807) is 4.90 Å². The summed E-state index contributed by atoms with van der Waals surface area (Å²) in [7, 11) is 0. The van der Waals surface area contributed by atoms with Gasteiger partial charge in [0.15, 0.2) is 0 Å². The summed E-state index contributed by atoms with van der Waals surface area (Å²) in [4.78, 5) is 37.1. The van der Waals surface area contributed by atoms with Gasteiger partial charge in [0, 0.05) is 18.7 Å². The molecule has 0 bridgehead atoms. The number of para-hydroxylation sites is 1. The van der Waals surface area contributed by atoms with Crippen molar-refractivity contribution in [3.05, 3.63) is 29.8 Å². The summed E-state index contributed by atoms with van der Waals surface area (Å²) in [5, 5.41) is 11.3. The van der Waals surface area contributed by atoms with Gasteiger partial charge in [-0.1, -0.05) is 32.0 Å². The zero-order chi connectivity index (χ0) is 17.9. The lowest BCUT2D eigenvalue weighted by molar-refractivity contribution is -0.141. The summed E-state index contributed by atoms with van der Waals surface area (Å²) in [6.45, 7) is 5.90. The molecule has 1 aliphatic rings. The largest absolute Gasteiger partial charge is 0.480 e. The topological polar surface area (TPSA) is 86.7 Å². The van der Waals surface area contributed by atoms with E-state index in [0.717, 1.165) is 17.7 Å². The Hall–Kier alpha value is -2.37. The number of aliphatic carboxylic acids is 1. The maximum absolute atomic E-state index is 12.4. The second kappa shape index (κ2) is 7.47. The van der Waals surface area contributed by atoms with Crippen LogP contribution in [-0.2, 0) is 14.4 Å². The van der Waals surface area contributed by atoms with Crippen LogP contribution < -0.4 is 10.2 Å². The van der Waals surface area contributed by atoms with E-state index < -0.39 is 17.9 Å². The minimum absolute atomic E-state index is 0.103. The van der Waals surface area contributed by atoms with Gasteiger partial charge in [-0.3, -0.25) is 14.4 Å². The minimum atomic E-state index is -1.09. The number of carbonyl (C=O) groups excluding carboxylic acids is 2. The molecule has 6 nitrogen and oxygen atoms in total. The van der Waals surface area contributed by atoms with Gasteiger partial charge < -0.3 is 15.3 Å². The van der Waals surface area contributed by atoms with E-state index in [4.69, 9.17) is 5.11 Å². The number of anilines is 1. The Morgan fingerprint density at radius 1 is 1.33 bits per heavy atom. The molecule has 0 aromatic heterocycles. The van der Waals surface area contributed by atoms with E-state index in [0.29, 0.717) is 5.92 Å². The third kappa shape index (κ3) is 3.75. The Kier molecular flexibility index (Phi) is 5.59. The van der Waals surface area contributed by atoms with Gasteiger partial charge in [-0.05, 0) is 30.9 Å². The van der Waals surface area contributed by atoms with Crippen molar-refractivity contribution in [1.29, 1.82) is 0 Å². The summed E-state index contributed by atoms with van der Waals surface area (Å²) in [6, 6.07) is 6.78.